The highest BCUT2D eigenvalue weighted by Gasteiger charge is 2.20. The summed E-state index contributed by atoms with van der Waals surface area (Å²) in [5.74, 6) is -1.20. The smallest absolute Gasteiger partial charge is 0.407 e. The van der Waals surface area contributed by atoms with Gasteiger partial charge in [0.2, 0.25) is 15.8 Å². The van der Waals surface area contributed by atoms with E-state index in [0.29, 0.717) is 19.0 Å². The average Bonchev–Trinajstić information content (AvgIpc) is 2.55. The average molecular weight is 419 g/mol. The molecular formula is C17H26FN3O6S. The molecule has 0 spiro atoms. The molecule has 1 amide bonds. The van der Waals surface area contributed by atoms with Crippen LogP contribution in [0.15, 0.2) is 23.1 Å². The number of nitrogens with zero attached hydrogens (tertiary/aromatic N) is 1. The molecule has 0 saturated heterocycles. The van der Waals surface area contributed by atoms with Crippen molar-refractivity contribution in [3.63, 3.8) is 0 Å². The van der Waals surface area contributed by atoms with Gasteiger partial charge in [-0.1, -0.05) is 12.8 Å². The van der Waals surface area contributed by atoms with Gasteiger partial charge >= 0.3 is 11.8 Å². The van der Waals surface area contributed by atoms with Crippen molar-refractivity contribution >= 4 is 21.8 Å². The Labute approximate surface area is 163 Å². The van der Waals surface area contributed by atoms with Gasteiger partial charge in [0.25, 0.3) is 0 Å². The van der Waals surface area contributed by atoms with E-state index in [-0.39, 0.29) is 11.4 Å². The minimum absolute atomic E-state index is 0.153. The number of hydrogen-bond acceptors (Lipinski definition) is 6. The standard InChI is InChI=1S/C17H26FN3O6S/c1-17(2,3)27-16(22)19-10-6-4-5-7-11-20-28(25,26)13-8-9-15(21(23)24)14(18)12-13/h8-9,12,20H,4-7,10-11H2,1-3H3,(H,19,22). The Hall–Kier alpha value is -2.27. The lowest BCUT2D eigenvalue weighted by Crippen LogP contribution is -2.33. The fourth-order valence-electron chi connectivity index (χ4n) is 2.20. The predicted octanol–water partition coefficient (Wildman–Crippen LogP) is 3.10. The van der Waals surface area contributed by atoms with Crippen molar-refractivity contribution in [2.75, 3.05) is 13.1 Å². The molecule has 0 aliphatic heterocycles. The molecule has 0 unspecified atom stereocenters. The minimum atomic E-state index is -3.94. The van der Waals surface area contributed by atoms with Gasteiger partial charge in [-0.3, -0.25) is 10.1 Å². The van der Waals surface area contributed by atoms with Gasteiger partial charge in [0.05, 0.1) is 9.82 Å². The van der Waals surface area contributed by atoms with E-state index in [0.717, 1.165) is 31.4 Å². The Bertz CT molecular complexity index is 793. The SMILES string of the molecule is CC(C)(C)OC(=O)NCCCCCCNS(=O)(=O)c1ccc([N+](=O)[O-])c(F)c1. The minimum Gasteiger partial charge on any atom is -0.444 e. The summed E-state index contributed by atoms with van der Waals surface area (Å²) >= 11 is 0. The van der Waals surface area contributed by atoms with E-state index >= 15 is 0 Å². The molecule has 158 valence electrons. The number of rotatable bonds is 10. The molecule has 1 aromatic rings. The first kappa shape index (κ1) is 23.8. The third-order valence-electron chi connectivity index (χ3n) is 3.49. The molecule has 0 atom stereocenters. The Morgan fingerprint density at radius 3 is 2.32 bits per heavy atom. The van der Waals surface area contributed by atoms with Crippen LogP contribution < -0.4 is 10.0 Å². The topological polar surface area (TPSA) is 128 Å². The highest BCUT2D eigenvalue weighted by atomic mass is 32.2. The predicted molar refractivity (Wildman–Crippen MR) is 101 cm³/mol. The maximum Gasteiger partial charge on any atom is 0.407 e. The van der Waals surface area contributed by atoms with Gasteiger partial charge in [0, 0.05) is 25.2 Å². The van der Waals surface area contributed by atoms with Crippen molar-refractivity contribution in [3.05, 3.63) is 34.1 Å². The van der Waals surface area contributed by atoms with Crippen molar-refractivity contribution in [3.8, 4) is 0 Å². The van der Waals surface area contributed by atoms with E-state index in [1.165, 1.54) is 0 Å². The fourth-order valence-corrected chi connectivity index (χ4v) is 3.29. The first-order chi connectivity index (χ1) is 12.9. The second-order valence-corrected chi connectivity index (χ2v) is 8.88. The number of halogens is 1. The lowest BCUT2D eigenvalue weighted by atomic mass is 10.2. The van der Waals surface area contributed by atoms with Crippen molar-refractivity contribution in [1.82, 2.24) is 10.0 Å². The summed E-state index contributed by atoms with van der Waals surface area (Å²) in [5.41, 5.74) is -1.33. The molecule has 0 fully saturated rings. The van der Waals surface area contributed by atoms with Gasteiger partial charge in [-0.2, -0.15) is 4.39 Å². The number of nitrogens with one attached hydrogen (secondary N) is 2. The Morgan fingerprint density at radius 2 is 1.79 bits per heavy atom. The van der Waals surface area contributed by atoms with Crippen LogP contribution in [0, 0.1) is 15.9 Å². The molecule has 9 nitrogen and oxygen atoms in total. The number of alkyl carbamates (subject to hydrolysis) is 1. The van der Waals surface area contributed by atoms with Crippen LogP contribution in [0.2, 0.25) is 0 Å². The van der Waals surface area contributed by atoms with Gasteiger partial charge in [0.15, 0.2) is 0 Å². The normalized spacial score (nSPS) is 11.9. The number of benzene rings is 1. The zero-order valence-corrected chi connectivity index (χ0v) is 17.0. The number of nitro benzene ring substituents is 1. The molecule has 0 aliphatic carbocycles. The molecule has 28 heavy (non-hydrogen) atoms. The van der Waals surface area contributed by atoms with Crippen LogP contribution in [0.5, 0.6) is 0 Å². The summed E-state index contributed by atoms with van der Waals surface area (Å²) in [6.45, 7) is 5.94. The quantitative estimate of drug-likeness (QED) is 0.341. The summed E-state index contributed by atoms with van der Waals surface area (Å²) in [7, 11) is -3.94. The van der Waals surface area contributed by atoms with E-state index in [1.807, 2.05) is 0 Å². The molecule has 0 heterocycles. The van der Waals surface area contributed by atoms with Crippen molar-refractivity contribution in [2.45, 2.75) is 57.0 Å². The molecule has 0 saturated carbocycles. The number of amides is 1. The second-order valence-electron chi connectivity index (χ2n) is 7.11. The second kappa shape index (κ2) is 10.3. The molecule has 0 aromatic heterocycles. The molecule has 0 radical (unpaired) electrons. The first-order valence-corrected chi connectivity index (χ1v) is 10.3. The lowest BCUT2D eigenvalue weighted by molar-refractivity contribution is -0.387. The zero-order chi connectivity index (χ0) is 21.4. The van der Waals surface area contributed by atoms with E-state index in [1.54, 1.807) is 20.8 Å². The van der Waals surface area contributed by atoms with Crippen LogP contribution in [-0.4, -0.2) is 38.1 Å². The van der Waals surface area contributed by atoms with E-state index in [2.05, 4.69) is 10.0 Å². The van der Waals surface area contributed by atoms with Gasteiger partial charge in [-0.15, -0.1) is 0 Å². The van der Waals surface area contributed by atoms with Crippen LogP contribution >= 0.6 is 0 Å². The maximum absolute atomic E-state index is 13.6. The fraction of sp³-hybridized carbons (Fsp3) is 0.588. The van der Waals surface area contributed by atoms with Gasteiger partial charge in [-0.25, -0.2) is 17.9 Å². The first-order valence-electron chi connectivity index (χ1n) is 8.83. The number of carbonyl (C=O) groups excluding carboxylic acids is 1. The van der Waals surface area contributed by atoms with E-state index in [4.69, 9.17) is 4.74 Å². The third-order valence-corrected chi connectivity index (χ3v) is 4.95. The Balaban J connectivity index is 2.28. The van der Waals surface area contributed by atoms with Crippen molar-refractivity contribution < 1.29 is 27.3 Å². The van der Waals surface area contributed by atoms with Crippen LogP contribution in [0.1, 0.15) is 46.5 Å². The van der Waals surface area contributed by atoms with Gasteiger partial charge < -0.3 is 10.1 Å². The Morgan fingerprint density at radius 1 is 1.18 bits per heavy atom. The number of carbonyl (C=O) groups is 1. The summed E-state index contributed by atoms with van der Waals surface area (Å²) in [6, 6.07) is 2.44. The van der Waals surface area contributed by atoms with Crippen LogP contribution in [-0.2, 0) is 14.8 Å². The van der Waals surface area contributed by atoms with Gasteiger partial charge in [-0.05, 0) is 39.7 Å². The van der Waals surface area contributed by atoms with Crippen LogP contribution in [0.3, 0.4) is 0 Å². The van der Waals surface area contributed by atoms with E-state index < -0.39 is 38.1 Å². The summed E-state index contributed by atoms with van der Waals surface area (Å²) in [4.78, 5) is 20.7. The number of hydrogen-bond donors (Lipinski definition) is 2. The molecule has 0 bridgehead atoms. The molecule has 2 N–H and O–H groups in total. The lowest BCUT2D eigenvalue weighted by Gasteiger charge is -2.19. The summed E-state index contributed by atoms with van der Waals surface area (Å²) < 4.78 is 45.2. The van der Waals surface area contributed by atoms with Crippen molar-refractivity contribution in [2.24, 2.45) is 0 Å². The molecular weight excluding hydrogens is 393 g/mol. The van der Waals surface area contributed by atoms with Crippen molar-refractivity contribution in [1.29, 1.82) is 0 Å². The maximum atomic E-state index is 13.6. The highest BCUT2D eigenvalue weighted by molar-refractivity contribution is 7.89. The van der Waals surface area contributed by atoms with E-state index in [9.17, 15) is 27.7 Å². The Kier molecular flexibility index (Phi) is 8.76. The zero-order valence-electron chi connectivity index (χ0n) is 16.2. The third kappa shape index (κ3) is 8.61. The monoisotopic (exact) mass is 419 g/mol. The largest absolute Gasteiger partial charge is 0.444 e. The number of sulfonamides is 1. The number of ether oxygens (including phenoxy) is 1. The summed E-state index contributed by atoms with van der Waals surface area (Å²) in [5, 5.41) is 13.2. The highest BCUT2D eigenvalue weighted by Crippen LogP contribution is 2.20. The number of nitro groups is 1. The molecule has 1 aromatic carbocycles. The molecule has 1 rings (SSSR count). The van der Waals surface area contributed by atoms with Crippen LogP contribution in [0.25, 0.3) is 0 Å². The number of unbranched alkanes of at least 4 members (excludes halogenated alkanes) is 3. The van der Waals surface area contributed by atoms with Gasteiger partial charge in [0.1, 0.15) is 5.60 Å². The molecule has 0 aliphatic rings. The molecule has 11 heteroatoms. The van der Waals surface area contributed by atoms with Crippen LogP contribution in [0.4, 0.5) is 14.9 Å². The summed E-state index contributed by atoms with van der Waals surface area (Å²) in [6.07, 6.45) is 2.31.